The van der Waals surface area contributed by atoms with Gasteiger partial charge < -0.3 is 31.4 Å². The number of esters is 1. The van der Waals surface area contributed by atoms with Gasteiger partial charge in [-0.15, -0.1) is 0 Å². The first-order valence-electron chi connectivity index (χ1n) is 14.0. The maximum atomic E-state index is 12.9. The number of rotatable bonds is 9. The molecule has 0 radical (unpaired) electrons. The number of aryl methyl sites for hydroxylation is 1. The summed E-state index contributed by atoms with van der Waals surface area (Å²) in [5.74, 6) is -1.10. The van der Waals surface area contributed by atoms with Gasteiger partial charge in [0.2, 0.25) is 5.91 Å². The number of carbonyl (C=O) groups excluding carboxylic acids is 4. The Morgan fingerprint density at radius 3 is 2.50 bits per heavy atom. The average Bonchev–Trinajstić information content (AvgIpc) is 3.20. The van der Waals surface area contributed by atoms with E-state index in [1.54, 1.807) is 13.0 Å². The fourth-order valence-corrected chi connectivity index (χ4v) is 5.84. The Hall–Kier alpha value is -3.66. The number of Topliss-reactive ketones (excluding diaryl/α,β-unsaturated/α-hetero) is 1. The molecule has 0 saturated heterocycles. The number of ether oxygens (including phenoxy) is 1. The van der Waals surface area contributed by atoms with E-state index in [1.165, 1.54) is 0 Å². The van der Waals surface area contributed by atoms with E-state index in [0.29, 0.717) is 30.5 Å². The molecule has 40 heavy (non-hydrogen) atoms. The molecular formula is C30H41N5O5. The first-order chi connectivity index (χ1) is 18.9. The van der Waals surface area contributed by atoms with Crippen molar-refractivity contribution in [1.29, 1.82) is 0 Å². The number of hydrogen-bond donors (Lipinski definition) is 4. The van der Waals surface area contributed by atoms with Gasteiger partial charge in [-0.05, 0) is 75.1 Å². The Labute approximate surface area is 235 Å². The van der Waals surface area contributed by atoms with Crippen LogP contribution in [0.3, 0.4) is 0 Å². The standard InChI is InChI=1S/C30H41N5O5/c1-17-16-35(24-14-30(3,4)15-25(36)27(17)24)20-7-10-22(28(32)38)23(13-20)34-19-5-8-21(9-6-19)40-29(39)18(2)33-26(37)11-12-31/h7,10,13,16,18-19,21,34H,5-6,8-9,11-12,14-15,31H2,1-4H3,(H2,32,38)(H,33,37). The Balaban J connectivity index is 1.46. The minimum Gasteiger partial charge on any atom is -0.461 e. The van der Waals surface area contributed by atoms with Crippen LogP contribution in [0.1, 0.15) is 91.3 Å². The SMILES string of the molecule is Cc1cn(-c2ccc(C(N)=O)c(NC3CCC(OC(=O)C(C)NC(=O)CCN)CC3)c2)c2c1C(=O)CC(C)(C)C2. The second-order valence-corrected chi connectivity index (χ2v) is 11.9. The number of benzene rings is 1. The molecular weight excluding hydrogens is 510 g/mol. The molecule has 1 saturated carbocycles. The lowest BCUT2D eigenvalue weighted by atomic mass is 9.75. The number of aromatic nitrogens is 1. The molecule has 1 unspecified atom stereocenters. The quantitative estimate of drug-likeness (QED) is 0.348. The number of ketones is 1. The third kappa shape index (κ3) is 6.55. The minimum atomic E-state index is -0.736. The summed E-state index contributed by atoms with van der Waals surface area (Å²) >= 11 is 0. The number of nitrogens with zero attached hydrogens (tertiary/aromatic N) is 1. The number of nitrogens with one attached hydrogen (secondary N) is 2. The molecule has 1 atom stereocenters. The van der Waals surface area contributed by atoms with E-state index in [9.17, 15) is 19.2 Å². The molecule has 10 heteroatoms. The van der Waals surface area contributed by atoms with E-state index in [0.717, 1.165) is 41.8 Å². The second-order valence-electron chi connectivity index (χ2n) is 11.9. The second kappa shape index (κ2) is 11.8. The summed E-state index contributed by atoms with van der Waals surface area (Å²) in [6.45, 7) is 7.99. The van der Waals surface area contributed by atoms with Gasteiger partial charge in [-0.25, -0.2) is 4.79 Å². The number of nitrogens with two attached hydrogens (primary N) is 2. The normalized spacial score (nSPS) is 20.8. The smallest absolute Gasteiger partial charge is 0.328 e. The van der Waals surface area contributed by atoms with E-state index in [-0.39, 0.29) is 42.2 Å². The molecule has 6 N–H and O–H groups in total. The van der Waals surface area contributed by atoms with Gasteiger partial charge in [0, 0.05) is 54.3 Å². The van der Waals surface area contributed by atoms with Crippen LogP contribution in [0.2, 0.25) is 0 Å². The number of primary amides is 1. The van der Waals surface area contributed by atoms with Crippen LogP contribution in [0.5, 0.6) is 0 Å². The van der Waals surface area contributed by atoms with Crippen molar-refractivity contribution in [3.05, 3.63) is 46.8 Å². The van der Waals surface area contributed by atoms with E-state index >= 15 is 0 Å². The van der Waals surface area contributed by atoms with Crippen molar-refractivity contribution in [2.45, 2.75) is 90.8 Å². The lowest BCUT2D eigenvalue weighted by Crippen LogP contribution is -2.42. The van der Waals surface area contributed by atoms with E-state index in [1.807, 2.05) is 25.3 Å². The van der Waals surface area contributed by atoms with Gasteiger partial charge in [0.1, 0.15) is 12.1 Å². The molecule has 0 spiro atoms. The largest absolute Gasteiger partial charge is 0.461 e. The molecule has 216 valence electrons. The maximum absolute atomic E-state index is 12.9. The van der Waals surface area contributed by atoms with Crippen LogP contribution in [-0.2, 0) is 20.7 Å². The highest BCUT2D eigenvalue weighted by molar-refractivity contribution is 6.01. The lowest BCUT2D eigenvalue weighted by molar-refractivity contribution is -0.154. The minimum absolute atomic E-state index is 0.0609. The summed E-state index contributed by atoms with van der Waals surface area (Å²) in [5, 5.41) is 6.10. The van der Waals surface area contributed by atoms with Crippen LogP contribution in [0.4, 0.5) is 5.69 Å². The van der Waals surface area contributed by atoms with Gasteiger partial charge in [-0.1, -0.05) is 13.8 Å². The predicted molar refractivity (Wildman–Crippen MR) is 152 cm³/mol. The number of fused-ring (bicyclic) bond motifs is 1. The van der Waals surface area contributed by atoms with Crippen molar-refractivity contribution < 1.29 is 23.9 Å². The number of anilines is 1. The highest BCUT2D eigenvalue weighted by Crippen LogP contribution is 2.38. The summed E-state index contributed by atoms with van der Waals surface area (Å²) in [7, 11) is 0. The fraction of sp³-hybridized carbons (Fsp3) is 0.533. The summed E-state index contributed by atoms with van der Waals surface area (Å²) in [4.78, 5) is 49.3. The molecule has 10 nitrogen and oxygen atoms in total. The first-order valence-corrected chi connectivity index (χ1v) is 14.0. The van der Waals surface area contributed by atoms with Crippen LogP contribution in [-0.4, -0.2) is 52.9 Å². The molecule has 1 fully saturated rings. The number of amides is 2. The molecule has 1 heterocycles. The lowest BCUT2D eigenvalue weighted by Gasteiger charge is -2.31. The molecule has 0 aliphatic heterocycles. The first kappa shape index (κ1) is 29.3. The zero-order valence-corrected chi connectivity index (χ0v) is 23.8. The van der Waals surface area contributed by atoms with Gasteiger partial charge in [-0.2, -0.15) is 0 Å². The molecule has 1 aromatic carbocycles. The van der Waals surface area contributed by atoms with E-state index in [4.69, 9.17) is 16.2 Å². The Morgan fingerprint density at radius 2 is 1.85 bits per heavy atom. The van der Waals surface area contributed by atoms with Crippen LogP contribution >= 0.6 is 0 Å². The Morgan fingerprint density at radius 1 is 1.15 bits per heavy atom. The third-order valence-corrected chi connectivity index (χ3v) is 7.83. The van der Waals surface area contributed by atoms with Gasteiger partial charge in [-0.3, -0.25) is 14.4 Å². The Kier molecular flexibility index (Phi) is 8.68. The topological polar surface area (TPSA) is 159 Å². The van der Waals surface area contributed by atoms with Gasteiger partial charge in [0.05, 0.1) is 5.56 Å². The molecule has 2 amide bonds. The molecule has 4 rings (SSSR count). The Bertz CT molecular complexity index is 1310. The number of carbonyl (C=O) groups is 4. The maximum Gasteiger partial charge on any atom is 0.328 e. The van der Waals surface area contributed by atoms with Crippen molar-refractivity contribution in [3.63, 3.8) is 0 Å². The fourth-order valence-electron chi connectivity index (χ4n) is 5.84. The van der Waals surface area contributed by atoms with Crippen molar-refractivity contribution in [3.8, 4) is 5.69 Å². The van der Waals surface area contributed by atoms with Crippen molar-refractivity contribution >= 4 is 29.3 Å². The molecule has 0 bridgehead atoms. The molecule has 2 aliphatic rings. The van der Waals surface area contributed by atoms with E-state index in [2.05, 4.69) is 29.0 Å². The monoisotopic (exact) mass is 551 g/mol. The van der Waals surface area contributed by atoms with Gasteiger partial charge in [0.25, 0.3) is 5.91 Å². The molecule has 2 aliphatic carbocycles. The van der Waals surface area contributed by atoms with Crippen LogP contribution in [0.15, 0.2) is 24.4 Å². The van der Waals surface area contributed by atoms with Crippen LogP contribution in [0.25, 0.3) is 5.69 Å². The van der Waals surface area contributed by atoms with Crippen molar-refractivity contribution in [2.75, 3.05) is 11.9 Å². The van der Waals surface area contributed by atoms with Crippen LogP contribution < -0.4 is 22.1 Å². The van der Waals surface area contributed by atoms with Crippen LogP contribution in [0, 0.1) is 12.3 Å². The highest BCUT2D eigenvalue weighted by atomic mass is 16.5. The molecule has 2 aromatic rings. The molecule has 1 aromatic heterocycles. The summed E-state index contributed by atoms with van der Waals surface area (Å²) in [6, 6.07) is 4.83. The van der Waals surface area contributed by atoms with Crippen molar-refractivity contribution in [1.82, 2.24) is 9.88 Å². The summed E-state index contributed by atoms with van der Waals surface area (Å²) in [6.07, 6.45) is 5.98. The zero-order valence-electron chi connectivity index (χ0n) is 23.8. The van der Waals surface area contributed by atoms with Gasteiger partial charge >= 0.3 is 5.97 Å². The third-order valence-electron chi connectivity index (χ3n) is 7.83. The summed E-state index contributed by atoms with van der Waals surface area (Å²) < 4.78 is 7.69. The van der Waals surface area contributed by atoms with Gasteiger partial charge in [0.15, 0.2) is 5.78 Å². The zero-order chi connectivity index (χ0) is 29.2. The average molecular weight is 552 g/mol. The predicted octanol–water partition coefficient (Wildman–Crippen LogP) is 3.16. The highest BCUT2D eigenvalue weighted by Gasteiger charge is 2.35. The van der Waals surface area contributed by atoms with Crippen molar-refractivity contribution in [2.24, 2.45) is 16.9 Å². The summed E-state index contributed by atoms with van der Waals surface area (Å²) in [5.41, 5.74) is 15.6. The van der Waals surface area contributed by atoms with E-state index < -0.39 is 17.9 Å². The number of hydrogen-bond acceptors (Lipinski definition) is 7.